The van der Waals surface area contributed by atoms with Crippen molar-refractivity contribution in [1.29, 1.82) is 0 Å². The molecule has 134 valence electrons. The van der Waals surface area contributed by atoms with Gasteiger partial charge in [-0.3, -0.25) is 19.3 Å². The van der Waals surface area contributed by atoms with Gasteiger partial charge >= 0.3 is 0 Å². The molecule has 0 bridgehead atoms. The molecule has 1 aliphatic heterocycles. The molecule has 0 radical (unpaired) electrons. The smallest absolute Gasteiger partial charge is 0.261 e. The first-order valence-electron chi connectivity index (χ1n) is 8.77. The predicted octanol–water partition coefficient (Wildman–Crippen LogP) is 3.11. The highest BCUT2D eigenvalue weighted by Gasteiger charge is 2.35. The van der Waals surface area contributed by atoms with Crippen LogP contribution in [0.2, 0.25) is 0 Å². The van der Waals surface area contributed by atoms with Crippen molar-refractivity contribution in [3.63, 3.8) is 0 Å². The van der Waals surface area contributed by atoms with Gasteiger partial charge in [-0.1, -0.05) is 42.5 Å². The monoisotopic (exact) mass is 350 g/mol. The number of carbonyl (C=O) groups excluding carboxylic acids is 3. The molecule has 3 rings (SSSR count). The van der Waals surface area contributed by atoms with Gasteiger partial charge in [0, 0.05) is 25.6 Å². The maximum atomic E-state index is 12.7. The van der Waals surface area contributed by atoms with E-state index in [1.165, 1.54) is 4.90 Å². The van der Waals surface area contributed by atoms with E-state index in [9.17, 15) is 14.4 Å². The van der Waals surface area contributed by atoms with Gasteiger partial charge < -0.3 is 4.90 Å². The molecule has 0 aliphatic carbocycles. The van der Waals surface area contributed by atoms with Crippen molar-refractivity contribution in [3.8, 4) is 0 Å². The second-order valence-electron chi connectivity index (χ2n) is 6.66. The van der Waals surface area contributed by atoms with Crippen molar-refractivity contribution < 1.29 is 14.4 Å². The second kappa shape index (κ2) is 7.52. The quantitative estimate of drug-likeness (QED) is 0.752. The third-order valence-electron chi connectivity index (χ3n) is 4.57. The summed E-state index contributed by atoms with van der Waals surface area (Å²) in [6.07, 6.45) is 0.122. The SMILES string of the molecule is CC(C)N(Cc1ccccc1)C(=O)CCN1C(=O)c2ccccc2C1=O. The van der Waals surface area contributed by atoms with E-state index in [1.807, 2.05) is 44.2 Å². The molecule has 26 heavy (non-hydrogen) atoms. The minimum atomic E-state index is -0.322. The highest BCUT2D eigenvalue weighted by Crippen LogP contribution is 2.22. The Bertz CT molecular complexity index is 795. The van der Waals surface area contributed by atoms with Crippen molar-refractivity contribution >= 4 is 17.7 Å². The topological polar surface area (TPSA) is 57.7 Å². The van der Waals surface area contributed by atoms with Crippen LogP contribution >= 0.6 is 0 Å². The van der Waals surface area contributed by atoms with E-state index in [4.69, 9.17) is 0 Å². The predicted molar refractivity (Wildman–Crippen MR) is 98.6 cm³/mol. The maximum absolute atomic E-state index is 12.7. The van der Waals surface area contributed by atoms with Gasteiger partial charge in [0.15, 0.2) is 0 Å². The highest BCUT2D eigenvalue weighted by molar-refractivity contribution is 6.21. The number of carbonyl (C=O) groups is 3. The van der Waals surface area contributed by atoms with E-state index in [0.29, 0.717) is 17.7 Å². The zero-order chi connectivity index (χ0) is 18.7. The lowest BCUT2D eigenvalue weighted by atomic mass is 10.1. The molecule has 5 nitrogen and oxygen atoms in total. The van der Waals surface area contributed by atoms with Gasteiger partial charge in [0.2, 0.25) is 5.91 Å². The van der Waals surface area contributed by atoms with Crippen LogP contribution in [-0.2, 0) is 11.3 Å². The van der Waals surface area contributed by atoms with Gasteiger partial charge in [0.25, 0.3) is 11.8 Å². The summed E-state index contributed by atoms with van der Waals surface area (Å²) in [5, 5.41) is 0. The van der Waals surface area contributed by atoms with E-state index in [0.717, 1.165) is 5.56 Å². The first kappa shape index (κ1) is 17.9. The number of amides is 3. The number of nitrogens with zero attached hydrogens (tertiary/aromatic N) is 2. The molecule has 1 heterocycles. The number of hydrogen-bond donors (Lipinski definition) is 0. The number of fused-ring (bicyclic) bond motifs is 1. The second-order valence-corrected chi connectivity index (χ2v) is 6.66. The van der Waals surface area contributed by atoms with Crippen LogP contribution < -0.4 is 0 Å². The fourth-order valence-electron chi connectivity index (χ4n) is 3.13. The Kier molecular flexibility index (Phi) is 5.16. The average Bonchev–Trinajstić information content (AvgIpc) is 2.89. The fraction of sp³-hybridized carbons (Fsp3) is 0.286. The van der Waals surface area contributed by atoms with Crippen molar-refractivity contribution in [2.45, 2.75) is 32.9 Å². The van der Waals surface area contributed by atoms with Crippen molar-refractivity contribution in [2.24, 2.45) is 0 Å². The van der Waals surface area contributed by atoms with Gasteiger partial charge in [-0.15, -0.1) is 0 Å². The summed E-state index contributed by atoms with van der Waals surface area (Å²) < 4.78 is 0. The Morgan fingerprint density at radius 2 is 1.46 bits per heavy atom. The summed E-state index contributed by atoms with van der Waals surface area (Å²) in [5.74, 6) is -0.712. The number of benzene rings is 2. The maximum Gasteiger partial charge on any atom is 0.261 e. The van der Waals surface area contributed by atoms with Crippen molar-refractivity contribution in [2.75, 3.05) is 6.54 Å². The Balaban J connectivity index is 1.66. The van der Waals surface area contributed by atoms with E-state index >= 15 is 0 Å². The third-order valence-corrected chi connectivity index (χ3v) is 4.57. The van der Waals surface area contributed by atoms with Gasteiger partial charge in [-0.2, -0.15) is 0 Å². The molecule has 1 aliphatic rings. The molecule has 0 saturated carbocycles. The fourth-order valence-corrected chi connectivity index (χ4v) is 3.13. The largest absolute Gasteiger partial charge is 0.336 e. The van der Waals surface area contributed by atoms with Crippen LogP contribution in [0.3, 0.4) is 0 Å². The Labute approximate surface area is 153 Å². The van der Waals surface area contributed by atoms with Gasteiger partial charge in [-0.05, 0) is 31.5 Å². The number of imide groups is 1. The van der Waals surface area contributed by atoms with Crippen LogP contribution in [-0.4, -0.2) is 40.1 Å². The molecular weight excluding hydrogens is 328 g/mol. The third kappa shape index (κ3) is 3.52. The molecule has 0 unspecified atom stereocenters. The lowest BCUT2D eigenvalue weighted by Crippen LogP contribution is -2.39. The lowest BCUT2D eigenvalue weighted by molar-refractivity contribution is -0.133. The number of rotatable bonds is 6. The highest BCUT2D eigenvalue weighted by atomic mass is 16.2. The molecule has 5 heteroatoms. The lowest BCUT2D eigenvalue weighted by Gasteiger charge is -2.27. The molecule has 2 aromatic rings. The summed E-state index contributed by atoms with van der Waals surface area (Å²) in [7, 11) is 0. The first-order chi connectivity index (χ1) is 12.5. The summed E-state index contributed by atoms with van der Waals surface area (Å²) in [6, 6.07) is 16.6. The standard InChI is InChI=1S/C21H22N2O3/c1-15(2)23(14-16-8-4-3-5-9-16)19(24)12-13-22-20(25)17-10-6-7-11-18(17)21(22)26/h3-11,15H,12-14H2,1-2H3. The van der Waals surface area contributed by atoms with Gasteiger partial charge in [0.1, 0.15) is 0 Å². The molecule has 0 atom stereocenters. The molecule has 2 aromatic carbocycles. The normalized spacial score (nSPS) is 13.3. The van der Waals surface area contributed by atoms with E-state index in [2.05, 4.69) is 0 Å². The molecule has 0 aromatic heterocycles. The summed E-state index contributed by atoms with van der Waals surface area (Å²) >= 11 is 0. The van der Waals surface area contributed by atoms with E-state index in [-0.39, 0.29) is 36.7 Å². The zero-order valence-electron chi connectivity index (χ0n) is 15.0. The van der Waals surface area contributed by atoms with Crippen LogP contribution in [0.15, 0.2) is 54.6 Å². The average molecular weight is 350 g/mol. The van der Waals surface area contributed by atoms with E-state index in [1.54, 1.807) is 29.2 Å². The van der Waals surface area contributed by atoms with Crippen LogP contribution in [0.25, 0.3) is 0 Å². The van der Waals surface area contributed by atoms with Crippen molar-refractivity contribution in [3.05, 3.63) is 71.3 Å². The van der Waals surface area contributed by atoms with Crippen LogP contribution in [0.5, 0.6) is 0 Å². The first-order valence-corrected chi connectivity index (χ1v) is 8.77. The summed E-state index contributed by atoms with van der Waals surface area (Å²) in [5.41, 5.74) is 1.88. The van der Waals surface area contributed by atoms with E-state index < -0.39 is 0 Å². The Morgan fingerprint density at radius 1 is 0.923 bits per heavy atom. The zero-order valence-corrected chi connectivity index (χ0v) is 15.0. The minimum absolute atomic E-state index is 0.0323. The van der Waals surface area contributed by atoms with Crippen molar-refractivity contribution in [1.82, 2.24) is 9.80 Å². The molecule has 0 fully saturated rings. The van der Waals surface area contributed by atoms with Gasteiger partial charge in [-0.25, -0.2) is 0 Å². The minimum Gasteiger partial charge on any atom is -0.336 e. The van der Waals surface area contributed by atoms with Gasteiger partial charge in [0.05, 0.1) is 11.1 Å². The Morgan fingerprint density at radius 3 is 2.00 bits per heavy atom. The summed E-state index contributed by atoms with van der Waals surface area (Å²) in [6.45, 7) is 4.54. The molecule has 0 N–H and O–H groups in total. The summed E-state index contributed by atoms with van der Waals surface area (Å²) in [4.78, 5) is 40.4. The van der Waals surface area contributed by atoms with Crippen LogP contribution in [0.4, 0.5) is 0 Å². The molecule has 0 saturated heterocycles. The Hall–Kier alpha value is -2.95. The molecule has 0 spiro atoms. The van der Waals surface area contributed by atoms with Crippen LogP contribution in [0.1, 0.15) is 46.5 Å². The number of hydrogen-bond acceptors (Lipinski definition) is 3. The molecular formula is C21H22N2O3. The van der Waals surface area contributed by atoms with Crippen LogP contribution in [0, 0.1) is 0 Å². The molecule has 3 amide bonds.